The summed E-state index contributed by atoms with van der Waals surface area (Å²) < 4.78 is 0. The van der Waals surface area contributed by atoms with Crippen molar-refractivity contribution in [1.82, 2.24) is 52.2 Å². The Bertz CT molecular complexity index is 2390. The lowest BCUT2D eigenvalue weighted by atomic mass is 10.0. The molecule has 0 fully saturated rings. The number of carbonyl (C=O) groups is 8. The summed E-state index contributed by atoms with van der Waals surface area (Å²) in [7, 11) is 0. The molecule has 2 aromatic carbocycles. The van der Waals surface area contributed by atoms with Crippen molar-refractivity contribution in [2.75, 3.05) is 12.3 Å². The summed E-state index contributed by atoms with van der Waals surface area (Å²) in [5, 5.41) is 19.4. The van der Waals surface area contributed by atoms with Crippen molar-refractivity contribution in [1.29, 1.82) is 0 Å². The van der Waals surface area contributed by atoms with Crippen LogP contribution in [0.1, 0.15) is 69.7 Å². The summed E-state index contributed by atoms with van der Waals surface area (Å²) in [5.74, 6) is -6.09. The van der Waals surface area contributed by atoms with Crippen molar-refractivity contribution in [3.63, 3.8) is 0 Å². The number of benzene rings is 2. The lowest BCUT2D eigenvalue weighted by Crippen LogP contribution is -2.60. The molecule has 0 bridgehead atoms. The molecule has 0 saturated carbocycles. The number of carbonyl (C=O) groups excluding carboxylic acids is 8. The van der Waals surface area contributed by atoms with Gasteiger partial charge in [0.25, 0.3) is 0 Å². The van der Waals surface area contributed by atoms with Crippen molar-refractivity contribution < 1.29 is 38.4 Å². The molecule has 0 saturated heterocycles. The van der Waals surface area contributed by atoms with Crippen LogP contribution in [-0.2, 0) is 57.6 Å². The molecule has 0 radical (unpaired) electrons. The summed E-state index contributed by atoms with van der Waals surface area (Å²) in [6, 6.07) is 7.71. The van der Waals surface area contributed by atoms with Gasteiger partial charge in [0, 0.05) is 67.5 Å². The number of hydrogen-bond donors (Lipinski definition) is 13. The van der Waals surface area contributed by atoms with E-state index in [2.05, 4.69) is 69.8 Å². The molecule has 15 N–H and O–H groups in total. The van der Waals surface area contributed by atoms with E-state index in [0.29, 0.717) is 24.1 Å². The molecule has 22 nitrogen and oxygen atoms in total. The summed E-state index contributed by atoms with van der Waals surface area (Å²) in [6.45, 7) is 4.75. The molecule has 23 heteroatoms. The molecule has 4 rings (SSSR count). The van der Waals surface area contributed by atoms with Crippen LogP contribution >= 0.6 is 12.6 Å². The molecular formula is C46H64N14O8S. The molecule has 2 aromatic heterocycles. The largest absolute Gasteiger partial charge is 0.370 e. The maximum Gasteiger partial charge on any atom is 0.244 e. The van der Waals surface area contributed by atoms with Crippen LogP contribution in [0.2, 0.25) is 0 Å². The summed E-state index contributed by atoms with van der Waals surface area (Å²) in [6.07, 6.45) is 6.44. The number of para-hydroxylation sites is 1. The van der Waals surface area contributed by atoms with Crippen molar-refractivity contribution in [3.05, 3.63) is 90.1 Å². The highest BCUT2D eigenvalue weighted by molar-refractivity contribution is 7.80. The summed E-state index contributed by atoms with van der Waals surface area (Å²) in [4.78, 5) is 121. The number of thiol groups is 1. The third kappa shape index (κ3) is 17.6. The Labute approximate surface area is 405 Å². The molecule has 69 heavy (non-hydrogen) atoms. The zero-order valence-electron chi connectivity index (χ0n) is 38.9. The number of nitrogens with one attached hydrogen (secondary N) is 9. The van der Waals surface area contributed by atoms with E-state index in [0.717, 1.165) is 22.9 Å². The number of nitrogens with two attached hydrogens (primary N) is 3. The molecule has 0 unspecified atom stereocenters. The van der Waals surface area contributed by atoms with Gasteiger partial charge < -0.3 is 64.4 Å². The third-order valence-corrected chi connectivity index (χ3v) is 11.3. The van der Waals surface area contributed by atoms with Gasteiger partial charge in [0.1, 0.15) is 42.3 Å². The van der Waals surface area contributed by atoms with E-state index in [1.165, 1.54) is 26.4 Å². The van der Waals surface area contributed by atoms with Gasteiger partial charge in [0.05, 0.1) is 6.33 Å². The second-order valence-electron chi connectivity index (χ2n) is 16.5. The first-order valence-electron chi connectivity index (χ1n) is 22.6. The second kappa shape index (κ2) is 27.4. The normalized spacial score (nSPS) is 14.0. The molecule has 2 heterocycles. The predicted molar refractivity (Wildman–Crippen MR) is 262 cm³/mol. The first kappa shape index (κ1) is 54.2. The van der Waals surface area contributed by atoms with Gasteiger partial charge in [0.2, 0.25) is 47.3 Å². The highest BCUT2D eigenvalue weighted by atomic mass is 32.1. The number of aromatic nitrogens is 3. The maximum atomic E-state index is 14.3. The zero-order valence-corrected chi connectivity index (χ0v) is 39.8. The smallest absolute Gasteiger partial charge is 0.244 e. The molecule has 4 aromatic rings. The van der Waals surface area contributed by atoms with Gasteiger partial charge in [-0.25, -0.2) is 4.98 Å². The number of aromatic amines is 2. The fourth-order valence-corrected chi connectivity index (χ4v) is 7.54. The Morgan fingerprint density at radius 2 is 1.22 bits per heavy atom. The molecule has 0 aliphatic heterocycles. The SMILES string of the molecule is CCCC[C@H](NC(C)=O)C(=O)N[C@@H](C)C(=O)N[C@@H](Cc1cnc[nH]1)C(=O)N[C@@H](CS)C(=O)N[C@H](Cc1ccccc1)C(=O)N[C@@H](CCCN=C(N)N)C(=O)N[C@@H](Cc1c[nH]c2ccccc12)C(N)=O. The Kier molecular flexibility index (Phi) is 21.5. The van der Waals surface area contributed by atoms with Crippen molar-refractivity contribution >= 4 is 76.7 Å². The number of aliphatic imine (C=N–C) groups is 1. The van der Waals surface area contributed by atoms with Gasteiger partial charge in [0.15, 0.2) is 5.96 Å². The molecule has 0 spiro atoms. The van der Waals surface area contributed by atoms with Gasteiger partial charge >= 0.3 is 0 Å². The number of imidazole rings is 1. The highest BCUT2D eigenvalue weighted by Gasteiger charge is 2.33. The topological polar surface area (TPSA) is 356 Å². The molecule has 0 aliphatic rings. The van der Waals surface area contributed by atoms with Gasteiger partial charge in [-0.3, -0.25) is 43.3 Å². The molecule has 7 atom stereocenters. The van der Waals surface area contributed by atoms with E-state index in [1.807, 2.05) is 31.2 Å². The molecule has 8 amide bonds. The van der Waals surface area contributed by atoms with Crippen LogP contribution in [0.3, 0.4) is 0 Å². The van der Waals surface area contributed by atoms with E-state index in [-0.39, 0.29) is 50.4 Å². The van der Waals surface area contributed by atoms with Crippen LogP contribution in [-0.4, -0.2) is 123 Å². The van der Waals surface area contributed by atoms with Gasteiger partial charge in [-0.05, 0) is 43.4 Å². The average Bonchev–Trinajstić information content (AvgIpc) is 3.99. The number of nitrogens with zero attached hydrogens (tertiary/aromatic N) is 2. The standard InChI is InChI=1S/C46H64N14O8S/c1-4-5-15-33(55-27(3)61)41(64)54-26(2)40(63)58-37(21-30-23-50-25-53-30)44(67)60-38(24-69)45(68)59-36(19-28-12-7-6-8-13-28)43(66)56-34(17-11-18-51-46(48)49)42(65)57-35(39(47)62)20-29-22-52-32-16-10-9-14-31(29)32/h6-10,12-14,16,22-23,25-26,33-38,52,69H,4-5,11,15,17-21,24H2,1-3H3,(H2,47,62)(H,50,53)(H,54,64)(H,55,61)(H,56,66)(H,57,65)(H,58,63)(H,59,68)(H,60,67)(H4,48,49,51)/t26-,33-,34-,35-,36+,37-,38-/m0/s1. The first-order chi connectivity index (χ1) is 33.0. The Morgan fingerprint density at radius 3 is 1.86 bits per heavy atom. The minimum atomic E-state index is -1.36. The van der Waals surface area contributed by atoms with Crippen LogP contribution in [0, 0.1) is 0 Å². The summed E-state index contributed by atoms with van der Waals surface area (Å²) >= 11 is 4.33. The van der Waals surface area contributed by atoms with Crippen LogP contribution in [0.5, 0.6) is 0 Å². The van der Waals surface area contributed by atoms with Gasteiger partial charge in [-0.2, -0.15) is 12.6 Å². The lowest BCUT2D eigenvalue weighted by Gasteiger charge is -2.27. The lowest BCUT2D eigenvalue weighted by molar-refractivity contribution is -0.135. The van der Waals surface area contributed by atoms with Gasteiger partial charge in [-0.15, -0.1) is 0 Å². The van der Waals surface area contributed by atoms with Crippen molar-refractivity contribution in [2.24, 2.45) is 22.2 Å². The Hall–Kier alpha value is -7.43. The van der Waals surface area contributed by atoms with E-state index < -0.39 is 89.6 Å². The average molecular weight is 973 g/mol. The number of H-pyrrole nitrogens is 2. The maximum absolute atomic E-state index is 14.3. The molecular weight excluding hydrogens is 909 g/mol. The first-order valence-corrected chi connectivity index (χ1v) is 23.2. The van der Waals surface area contributed by atoms with Crippen molar-refractivity contribution in [3.8, 4) is 0 Å². The fourth-order valence-electron chi connectivity index (χ4n) is 7.28. The van der Waals surface area contributed by atoms with Crippen LogP contribution in [0.4, 0.5) is 0 Å². The van der Waals surface area contributed by atoms with E-state index in [9.17, 15) is 38.4 Å². The third-order valence-electron chi connectivity index (χ3n) is 11.0. The number of guanidine groups is 1. The minimum Gasteiger partial charge on any atom is -0.370 e. The summed E-state index contributed by atoms with van der Waals surface area (Å²) in [5.41, 5.74) is 19.5. The molecule has 0 aliphatic carbocycles. The Balaban J connectivity index is 1.53. The monoisotopic (exact) mass is 972 g/mol. The number of fused-ring (bicyclic) bond motifs is 1. The van der Waals surface area contributed by atoms with E-state index in [4.69, 9.17) is 17.2 Å². The van der Waals surface area contributed by atoms with Crippen molar-refractivity contribution in [2.45, 2.75) is 114 Å². The van der Waals surface area contributed by atoms with E-state index >= 15 is 0 Å². The number of unbranched alkanes of at least 4 members (excludes halogenated alkanes) is 1. The molecule has 372 valence electrons. The Morgan fingerprint density at radius 1 is 0.652 bits per heavy atom. The fraction of sp³-hybridized carbons (Fsp3) is 0.435. The number of primary amides is 1. The van der Waals surface area contributed by atoms with Crippen LogP contribution in [0.15, 0.2) is 78.3 Å². The van der Waals surface area contributed by atoms with Crippen LogP contribution < -0.4 is 54.4 Å². The number of amides is 8. The number of hydrogen-bond acceptors (Lipinski definition) is 11. The van der Waals surface area contributed by atoms with Crippen LogP contribution in [0.25, 0.3) is 10.9 Å². The predicted octanol–water partition coefficient (Wildman–Crippen LogP) is -0.989. The zero-order chi connectivity index (χ0) is 50.5. The second-order valence-corrected chi connectivity index (χ2v) is 16.9. The highest BCUT2D eigenvalue weighted by Crippen LogP contribution is 2.19. The number of rotatable bonds is 28. The van der Waals surface area contributed by atoms with E-state index in [1.54, 1.807) is 36.5 Å². The minimum absolute atomic E-state index is 0.00866. The van der Waals surface area contributed by atoms with Gasteiger partial charge in [-0.1, -0.05) is 68.3 Å². The quantitative estimate of drug-likeness (QED) is 0.0142.